The molecule has 0 radical (unpaired) electrons. The normalized spacial score (nSPS) is 19.2. The summed E-state index contributed by atoms with van der Waals surface area (Å²) in [4.78, 5) is 23.0. The zero-order chi connectivity index (χ0) is 22.3. The number of piperidine rings is 1. The summed E-state index contributed by atoms with van der Waals surface area (Å²) in [6.07, 6.45) is 6.82. The highest BCUT2D eigenvalue weighted by Crippen LogP contribution is 2.27. The maximum atomic E-state index is 12.9. The van der Waals surface area contributed by atoms with Crippen LogP contribution in [0.5, 0.6) is 5.75 Å². The Morgan fingerprint density at radius 3 is 2.94 bits per heavy atom. The monoisotopic (exact) mass is 434 g/mol. The first-order chi connectivity index (χ1) is 15.6. The predicted octanol–water partition coefficient (Wildman–Crippen LogP) is 4.30. The Bertz CT molecular complexity index is 1010. The smallest absolute Gasteiger partial charge is 0.224 e. The summed E-state index contributed by atoms with van der Waals surface area (Å²) >= 11 is 0. The topological polar surface area (TPSA) is 70.2 Å². The van der Waals surface area contributed by atoms with Gasteiger partial charge in [-0.3, -0.25) is 14.7 Å². The molecule has 1 aliphatic heterocycles. The van der Waals surface area contributed by atoms with Gasteiger partial charge < -0.3 is 15.0 Å². The molecule has 3 aromatic rings. The molecule has 2 aromatic heterocycles. The fourth-order valence-electron chi connectivity index (χ4n) is 4.53. The lowest BCUT2D eigenvalue weighted by molar-refractivity contribution is -0.127. The third-order valence-corrected chi connectivity index (χ3v) is 6.25. The molecule has 6 heteroatoms. The van der Waals surface area contributed by atoms with Crippen LogP contribution in [0.4, 0.5) is 0 Å². The number of nitrogens with one attached hydrogen (secondary N) is 2. The molecule has 1 aliphatic rings. The summed E-state index contributed by atoms with van der Waals surface area (Å²) in [6, 6.07) is 12.3. The zero-order valence-electron chi connectivity index (χ0n) is 19.1. The number of rotatable bonds is 9. The minimum Gasteiger partial charge on any atom is -0.492 e. The van der Waals surface area contributed by atoms with Crippen molar-refractivity contribution < 1.29 is 9.53 Å². The van der Waals surface area contributed by atoms with E-state index in [2.05, 4.69) is 51.5 Å². The van der Waals surface area contributed by atoms with Crippen LogP contribution in [0.15, 0.2) is 48.8 Å². The van der Waals surface area contributed by atoms with E-state index in [1.807, 2.05) is 25.1 Å². The Balaban J connectivity index is 1.44. The number of likely N-dealkylation sites (tertiary alicyclic amines) is 1. The standard InChI is InChI=1S/C26H34N4O2/c1-3-4-11-27-26(31)21-12-20(18-32-23-10-9-19(2)28-14-23)15-30(16-21)17-22-13-29-25-8-6-5-7-24(22)25/h5-10,13-14,20-21,29H,3-4,11-12,15-18H2,1-2H3,(H,27,31)/t20-,21+/m0/s1. The third-order valence-electron chi connectivity index (χ3n) is 6.25. The first kappa shape index (κ1) is 22.3. The van der Waals surface area contributed by atoms with Crippen LogP contribution in [0.1, 0.15) is 37.4 Å². The number of aromatic nitrogens is 2. The number of aromatic amines is 1. The molecule has 0 saturated carbocycles. The quantitative estimate of drug-likeness (QED) is 0.493. The Hall–Kier alpha value is -2.86. The maximum absolute atomic E-state index is 12.9. The summed E-state index contributed by atoms with van der Waals surface area (Å²) in [5, 5.41) is 4.39. The van der Waals surface area contributed by atoms with E-state index in [1.54, 1.807) is 6.20 Å². The number of pyridine rings is 1. The van der Waals surface area contributed by atoms with E-state index in [0.717, 1.165) is 62.4 Å². The minimum absolute atomic E-state index is 0.0180. The number of hydrogen-bond acceptors (Lipinski definition) is 4. The first-order valence-electron chi connectivity index (χ1n) is 11.7. The molecule has 2 atom stereocenters. The molecule has 3 heterocycles. The number of ether oxygens (including phenoxy) is 1. The number of carbonyl (C=O) groups is 1. The van der Waals surface area contributed by atoms with E-state index in [-0.39, 0.29) is 17.7 Å². The van der Waals surface area contributed by atoms with Gasteiger partial charge in [-0.2, -0.15) is 0 Å². The van der Waals surface area contributed by atoms with Crippen molar-refractivity contribution >= 4 is 16.8 Å². The van der Waals surface area contributed by atoms with Gasteiger partial charge in [-0.05, 0) is 43.5 Å². The molecule has 0 unspecified atom stereocenters. The summed E-state index contributed by atoms with van der Waals surface area (Å²) in [6.45, 7) is 7.97. The van der Waals surface area contributed by atoms with Gasteiger partial charge in [0.05, 0.1) is 18.7 Å². The van der Waals surface area contributed by atoms with E-state index < -0.39 is 0 Å². The molecule has 1 amide bonds. The van der Waals surface area contributed by atoms with Gasteiger partial charge in [-0.15, -0.1) is 0 Å². The zero-order valence-corrected chi connectivity index (χ0v) is 19.1. The SMILES string of the molecule is CCCCNC(=O)[C@@H]1C[C@H](COc2ccc(C)nc2)CN(Cc2c[nH]c3ccccc23)C1. The second kappa shape index (κ2) is 10.6. The number of carbonyl (C=O) groups excluding carboxylic acids is 1. The predicted molar refractivity (Wildman–Crippen MR) is 128 cm³/mol. The van der Waals surface area contributed by atoms with Gasteiger partial charge in [0.1, 0.15) is 5.75 Å². The van der Waals surface area contributed by atoms with Crippen molar-refractivity contribution in [3.05, 3.63) is 60.0 Å². The molecule has 1 aromatic carbocycles. The van der Waals surface area contributed by atoms with E-state index in [1.165, 1.54) is 10.9 Å². The van der Waals surface area contributed by atoms with Gasteiger partial charge in [0.25, 0.3) is 0 Å². The highest BCUT2D eigenvalue weighted by atomic mass is 16.5. The second-order valence-corrected chi connectivity index (χ2v) is 8.94. The summed E-state index contributed by atoms with van der Waals surface area (Å²) in [7, 11) is 0. The van der Waals surface area contributed by atoms with Crippen LogP contribution in [-0.4, -0.2) is 47.0 Å². The number of hydrogen-bond donors (Lipinski definition) is 2. The number of para-hydroxylation sites is 1. The van der Waals surface area contributed by atoms with Gasteiger partial charge in [0, 0.05) is 54.9 Å². The van der Waals surface area contributed by atoms with Crippen LogP contribution < -0.4 is 10.1 Å². The summed E-state index contributed by atoms with van der Waals surface area (Å²) < 4.78 is 6.05. The van der Waals surface area contributed by atoms with Gasteiger partial charge >= 0.3 is 0 Å². The van der Waals surface area contributed by atoms with Crippen molar-refractivity contribution in [3.63, 3.8) is 0 Å². The Morgan fingerprint density at radius 2 is 2.12 bits per heavy atom. The lowest BCUT2D eigenvalue weighted by Gasteiger charge is -2.37. The molecule has 4 rings (SSSR count). The molecule has 0 bridgehead atoms. The molecule has 2 N–H and O–H groups in total. The number of benzene rings is 1. The number of H-pyrrole nitrogens is 1. The summed E-state index contributed by atoms with van der Waals surface area (Å²) in [5.41, 5.74) is 3.40. The number of unbranched alkanes of at least 4 members (excludes halogenated alkanes) is 1. The van der Waals surface area contributed by atoms with Crippen LogP contribution in [0, 0.1) is 18.8 Å². The van der Waals surface area contributed by atoms with Crippen molar-refractivity contribution in [2.45, 2.75) is 39.7 Å². The minimum atomic E-state index is -0.0180. The Kier molecular flexibility index (Phi) is 7.43. The number of nitrogens with zero attached hydrogens (tertiary/aromatic N) is 2. The lowest BCUT2D eigenvalue weighted by Crippen LogP contribution is -2.47. The van der Waals surface area contributed by atoms with Crippen molar-refractivity contribution in [2.24, 2.45) is 11.8 Å². The molecule has 0 spiro atoms. The first-order valence-corrected chi connectivity index (χ1v) is 11.7. The molecular weight excluding hydrogens is 400 g/mol. The fraction of sp³-hybridized carbons (Fsp3) is 0.462. The van der Waals surface area contributed by atoms with Crippen LogP contribution in [0.2, 0.25) is 0 Å². The molecule has 6 nitrogen and oxygen atoms in total. The molecule has 32 heavy (non-hydrogen) atoms. The summed E-state index contributed by atoms with van der Waals surface area (Å²) in [5.74, 6) is 1.23. The fourth-order valence-corrected chi connectivity index (χ4v) is 4.53. The van der Waals surface area contributed by atoms with Gasteiger partial charge in [-0.25, -0.2) is 0 Å². The number of aryl methyl sites for hydroxylation is 1. The number of amides is 1. The third kappa shape index (κ3) is 5.68. The van der Waals surface area contributed by atoms with Gasteiger partial charge in [0.15, 0.2) is 0 Å². The van der Waals surface area contributed by atoms with Crippen molar-refractivity contribution in [1.29, 1.82) is 0 Å². The van der Waals surface area contributed by atoms with E-state index >= 15 is 0 Å². The van der Waals surface area contributed by atoms with Crippen molar-refractivity contribution in [1.82, 2.24) is 20.2 Å². The molecule has 1 fully saturated rings. The average molecular weight is 435 g/mol. The van der Waals surface area contributed by atoms with Gasteiger partial charge in [0.2, 0.25) is 5.91 Å². The lowest BCUT2D eigenvalue weighted by atomic mass is 9.88. The Labute approximate surface area is 190 Å². The van der Waals surface area contributed by atoms with Crippen LogP contribution >= 0.6 is 0 Å². The van der Waals surface area contributed by atoms with E-state index in [0.29, 0.717) is 6.61 Å². The molecule has 0 aliphatic carbocycles. The second-order valence-electron chi connectivity index (χ2n) is 8.94. The van der Waals surface area contributed by atoms with Crippen molar-refractivity contribution in [2.75, 3.05) is 26.2 Å². The highest BCUT2D eigenvalue weighted by Gasteiger charge is 2.32. The van der Waals surface area contributed by atoms with Crippen LogP contribution in [-0.2, 0) is 11.3 Å². The van der Waals surface area contributed by atoms with E-state index in [9.17, 15) is 4.79 Å². The van der Waals surface area contributed by atoms with E-state index in [4.69, 9.17) is 4.74 Å². The van der Waals surface area contributed by atoms with Crippen LogP contribution in [0.3, 0.4) is 0 Å². The van der Waals surface area contributed by atoms with Crippen LogP contribution in [0.25, 0.3) is 10.9 Å². The molecule has 170 valence electrons. The highest BCUT2D eigenvalue weighted by molar-refractivity contribution is 5.83. The Morgan fingerprint density at radius 1 is 1.25 bits per heavy atom. The molecule has 1 saturated heterocycles. The average Bonchev–Trinajstić information content (AvgIpc) is 3.21. The molecular formula is C26H34N4O2. The van der Waals surface area contributed by atoms with Gasteiger partial charge in [-0.1, -0.05) is 31.5 Å². The van der Waals surface area contributed by atoms with Crippen molar-refractivity contribution in [3.8, 4) is 5.75 Å². The number of fused-ring (bicyclic) bond motifs is 1. The maximum Gasteiger partial charge on any atom is 0.224 e. The largest absolute Gasteiger partial charge is 0.492 e.